The van der Waals surface area contributed by atoms with Gasteiger partial charge in [0.1, 0.15) is 12.1 Å². The molecule has 2 aromatic heterocycles. The van der Waals surface area contributed by atoms with E-state index in [1.807, 2.05) is 0 Å². The van der Waals surface area contributed by atoms with Crippen molar-refractivity contribution in [3.05, 3.63) is 12.5 Å². The second-order valence-corrected chi connectivity index (χ2v) is 3.49. The van der Waals surface area contributed by atoms with Crippen LogP contribution in [0.3, 0.4) is 0 Å². The Morgan fingerprint density at radius 2 is 2.36 bits per heavy atom. The fraction of sp³-hybridized carbons (Fsp3) is 0.375. The van der Waals surface area contributed by atoms with Gasteiger partial charge >= 0.3 is 0 Å². The van der Waals surface area contributed by atoms with E-state index in [2.05, 4.69) is 25.0 Å². The largest absolute Gasteiger partial charge is 0.383 e. The summed E-state index contributed by atoms with van der Waals surface area (Å²) in [7, 11) is 0. The smallest absolute Gasteiger partial charge is 0.169 e. The predicted octanol–water partition coefficient (Wildman–Crippen LogP) is 0.585. The van der Waals surface area contributed by atoms with E-state index in [4.69, 9.17) is 5.73 Å². The molecule has 0 bridgehead atoms. The highest BCUT2D eigenvalue weighted by atomic mass is 15.3. The molecule has 0 spiro atoms. The van der Waals surface area contributed by atoms with Crippen LogP contribution < -0.4 is 5.73 Å². The van der Waals surface area contributed by atoms with Gasteiger partial charge in [0.05, 0.1) is 11.8 Å². The average Bonchev–Trinajstić information content (AvgIpc) is 2.75. The number of nitrogens with one attached hydrogen (secondary N) is 1. The molecule has 72 valence electrons. The lowest BCUT2D eigenvalue weighted by Gasteiger charge is -2.01. The molecule has 14 heavy (non-hydrogen) atoms. The molecular weight excluding hydrogens is 180 g/mol. The zero-order valence-corrected chi connectivity index (χ0v) is 7.51. The first-order chi connectivity index (χ1) is 6.86. The Hall–Kier alpha value is -1.85. The molecule has 0 amide bonds. The standard InChI is InChI=1S/C8H10N6/c9-7-6(3-10-12-7)8-13-11-4-14(8)5-1-2-5/h3-5H,1-2H2,(H3,9,10,12). The van der Waals surface area contributed by atoms with Gasteiger partial charge in [-0.1, -0.05) is 0 Å². The molecule has 2 heterocycles. The normalized spacial score (nSPS) is 16.0. The molecule has 0 aliphatic heterocycles. The summed E-state index contributed by atoms with van der Waals surface area (Å²) in [4.78, 5) is 0. The van der Waals surface area contributed by atoms with Crippen LogP contribution in [0.25, 0.3) is 11.4 Å². The van der Waals surface area contributed by atoms with Gasteiger partial charge in [0.2, 0.25) is 0 Å². The highest BCUT2D eigenvalue weighted by Crippen LogP contribution is 2.37. The monoisotopic (exact) mass is 190 g/mol. The summed E-state index contributed by atoms with van der Waals surface area (Å²) in [5.74, 6) is 1.35. The van der Waals surface area contributed by atoms with Crippen LogP contribution in [0.1, 0.15) is 18.9 Å². The average molecular weight is 190 g/mol. The number of aromatic nitrogens is 5. The summed E-state index contributed by atoms with van der Waals surface area (Å²) in [6.45, 7) is 0. The molecule has 3 N–H and O–H groups in total. The van der Waals surface area contributed by atoms with Crippen LogP contribution in [-0.4, -0.2) is 25.0 Å². The lowest BCUT2D eigenvalue weighted by atomic mass is 10.3. The number of hydrogen-bond acceptors (Lipinski definition) is 4. The number of aromatic amines is 1. The quantitative estimate of drug-likeness (QED) is 0.725. The second kappa shape index (κ2) is 2.57. The van der Waals surface area contributed by atoms with Crippen molar-refractivity contribution in [2.24, 2.45) is 0 Å². The SMILES string of the molecule is Nc1[nH]ncc1-c1nncn1C1CC1. The molecule has 1 aliphatic rings. The highest BCUT2D eigenvalue weighted by Gasteiger charge is 2.27. The van der Waals surface area contributed by atoms with Gasteiger partial charge in [0.25, 0.3) is 0 Å². The lowest BCUT2D eigenvalue weighted by Crippen LogP contribution is -1.97. The number of nitrogens with two attached hydrogens (primary N) is 1. The molecule has 0 radical (unpaired) electrons. The number of anilines is 1. The third kappa shape index (κ3) is 1.00. The van der Waals surface area contributed by atoms with Crippen molar-refractivity contribution < 1.29 is 0 Å². The molecule has 0 unspecified atom stereocenters. The number of nitrogen functional groups attached to an aromatic ring is 1. The highest BCUT2D eigenvalue weighted by molar-refractivity contribution is 5.67. The number of H-pyrrole nitrogens is 1. The first-order valence-electron chi connectivity index (χ1n) is 4.55. The summed E-state index contributed by atoms with van der Waals surface area (Å²) < 4.78 is 2.06. The molecule has 2 aromatic rings. The van der Waals surface area contributed by atoms with Crippen LogP contribution in [0.15, 0.2) is 12.5 Å². The van der Waals surface area contributed by atoms with Crippen LogP contribution in [0.5, 0.6) is 0 Å². The molecule has 0 aromatic carbocycles. The van der Waals surface area contributed by atoms with Crippen molar-refractivity contribution in [2.75, 3.05) is 5.73 Å². The molecule has 1 fully saturated rings. The van der Waals surface area contributed by atoms with E-state index >= 15 is 0 Å². The molecule has 1 saturated carbocycles. The maximum atomic E-state index is 5.72. The van der Waals surface area contributed by atoms with Crippen LogP contribution in [-0.2, 0) is 0 Å². The Labute approximate surface area is 80.1 Å². The minimum atomic E-state index is 0.542. The summed E-state index contributed by atoms with van der Waals surface area (Å²) in [5.41, 5.74) is 6.55. The van der Waals surface area contributed by atoms with Gasteiger partial charge in [-0.15, -0.1) is 10.2 Å². The molecule has 0 atom stereocenters. The zero-order chi connectivity index (χ0) is 9.54. The van der Waals surface area contributed by atoms with Gasteiger partial charge in [-0.05, 0) is 12.8 Å². The Kier molecular flexibility index (Phi) is 1.38. The molecule has 1 aliphatic carbocycles. The number of nitrogens with zero attached hydrogens (tertiary/aromatic N) is 4. The first kappa shape index (κ1) is 7.54. The van der Waals surface area contributed by atoms with E-state index in [-0.39, 0.29) is 0 Å². The van der Waals surface area contributed by atoms with Crippen molar-refractivity contribution in [3.8, 4) is 11.4 Å². The minimum Gasteiger partial charge on any atom is -0.383 e. The Balaban J connectivity index is 2.11. The summed E-state index contributed by atoms with van der Waals surface area (Å²) in [6.07, 6.45) is 5.82. The van der Waals surface area contributed by atoms with Crippen molar-refractivity contribution in [3.63, 3.8) is 0 Å². The first-order valence-corrected chi connectivity index (χ1v) is 4.55. The fourth-order valence-electron chi connectivity index (χ4n) is 1.53. The van der Waals surface area contributed by atoms with Crippen molar-refractivity contribution in [2.45, 2.75) is 18.9 Å². The van der Waals surface area contributed by atoms with Crippen molar-refractivity contribution >= 4 is 5.82 Å². The number of hydrogen-bond donors (Lipinski definition) is 2. The van der Waals surface area contributed by atoms with E-state index in [0.29, 0.717) is 11.9 Å². The van der Waals surface area contributed by atoms with Gasteiger partial charge < -0.3 is 10.3 Å². The molecule has 3 rings (SSSR count). The Morgan fingerprint density at radius 1 is 1.50 bits per heavy atom. The van der Waals surface area contributed by atoms with Gasteiger partial charge in [0.15, 0.2) is 5.82 Å². The van der Waals surface area contributed by atoms with Gasteiger partial charge in [-0.2, -0.15) is 5.10 Å². The van der Waals surface area contributed by atoms with E-state index in [1.54, 1.807) is 12.5 Å². The van der Waals surface area contributed by atoms with E-state index in [9.17, 15) is 0 Å². The van der Waals surface area contributed by atoms with Gasteiger partial charge in [0, 0.05) is 6.04 Å². The van der Waals surface area contributed by atoms with Crippen molar-refractivity contribution in [1.82, 2.24) is 25.0 Å². The molecule has 6 nitrogen and oxygen atoms in total. The Morgan fingerprint density at radius 3 is 3.00 bits per heavy atom. The van der Waals surface area contributed by atoms with Crippen molar-refractivity contribution in [1.29, 1.82) is 0 Å². The van der Waals surface area contributed by atoms with Crippen LogP contribution in [0, 0.1) is 0 Å². The van der Waals surface area contributed by atoms with Crippen LogP contribution in [0.4, 0.5) is 5.82 Å². The fourth-order valence-corrected chi connectivity index (χ4v) is 1.53. The topological polar surface area (TPSA) is 85.4 Å². The second-order valence-electron chi connectivity index (χ2n) is 3.49. The maximum absolute atomic E-state index is 5.72. The summed E-state index contributed by atoms with van der Waals surface area (Å²) >= 11 is 0. The third-order valence-electron chi connectivity index (χ3n) is 2.42. The predicted molar refractivity (Wildman–Crippen MR) is 50.3 cm³/mol. The van der Waals surface area contributed by atoms with Crippen LogP contribution >= 0.6 is 0 Å². The molecule has 6 heteroatoms. The molecular formula is C8H10N6. The third-order valence-corrected chi connectivity index (χ3v) is 2.42. The maximum Gasteiger partial charge on any atom is 0.169 e. The van der Waals surface area contributed by atoms with Gasteiger partial charge in [-0.3, -0.25) is 5.10 Å². The van der Waals surface area contributed by atoms with Crippen LogP contribution in [0.2, 0.25) is 0 Å². The summed E-state index contributed by atoms with van der Waals surface area (Å²) in [6, 6.07) is 0.550. The summed E-state index contributed by atoms with van der Waals surface area (Å²) in [5, 5.41) is 14.5. The lowest BCUT2D eigenvalue weighted by molar-refractivity contribution is 0.746. The van der Waals surface area contributed by atoms with E-state index in [0.717, 1.165) is 11.4 Å². The Bertz CT molecular complexity index is 452. The minimum absolute atomic E-state index is 0.542. The number of rotatable bonds is 2. The molecule has 0 saturated heterocycles. The zero-order valence-electron chi connectivity index (χ0n) is 7.51. The van der Waals surface area contributed by atoms with E-state index < -0.39 is 0 Å². The van der Waals surface area contributed by atoms with Gasteiger partial charge in [-0.25, -0.2) is 0 Å². The van der Waals surface area contributed by atoms with E-state index in [1.165, 1.54) is 12.8 Å².